The molecule has 6 atom stereocenters. The second-order valence-electron chi connectivity index (χ2n) is 11.9. The summed E-state index contributed by atoms with van der Waals surface area (Å²) in [6, 6.07) is 24.3. The molecule has 0 radical (unpaired) electrons. The molecule has 3 aromatic carbocycles. The second kappa shape index (κ2) is 11.6. The number of aliphatic hydroxyl groups is 1. The van der Waals surface area contributed by atoms with E-state index in [2.05, 4.69) is 0 Å². The summed E-state index contributed by atoms with van der Waals surface area (Å²) < 4.78 is 12.1. The van der Waals surface area contributed by atoms with E-state index >= 15 is 0 Å². The number of carbonyl (C=O) groups is 3. The Balaban J connectivity index is 1.33. The molecule has 2 saturated heterocycles. The zero-order chi connectivity index (χ0) is 31.1. The van der Waals surface area contributed by atoms with Crippen molar-refractivity contribution in [3.8, 4) is 5.75 Å². The summed E-state index contributed by atoms with van der Waals surface area (Å²) in [5.74, 6) is -2.09. The largest absolute Gasteiger partial charge is 0.497 e. The van der Waals surface area contributed by atoms with Crippen molar-refractivity contribution in [3.63, 3.8) is 0 Å². The van der Waals surface area contributed by atoms with Crippen LogP contribution in [0.25, 0.3) is 0 Å². The Hall–Kier alpha value is -4.73. The fourth-order valence-corrected chi connectivity index (χ4v) is 7.44. The molecule has 0 bridgehead atoms. The van der Waals surface area contributed by atoms with Gasteiger partial charge in [0.25, 0.3) is 5.91 Å². The number of para-hydroxylation sites is 1. The van der Waals surface area contributed by atoms with E-state index in [-0.39, 0.29) is 30.9 Å². The average Bonchev–Trinajstić information content (AvgIpc) is 3.39. The highest BCUT2D eigenvalue weighted by Gasteiger charge is 2.72. The third-order valence-electron chi connectivity index (χ3n) is 9.47. The standard InChI is InChI=1S/C36H35N3O6/c1-44-28-17-15-26(16-18-28)38-21-9-19-36-31(30-29(45-36)14-8-20-37(33(30)41)25-12-6-3-7-13-25)34(42)39(32(36)35(38)43)27(23-40)22-24-10-4-2-5-11-24/h2-19,27,29-32,40H,20-23H2,1H3/t27-,29-,30+,31+,32?,36+/m1/s1. The monoisotopic (exact) mass is 605 g/mol. The maximum Gasteiger partial charge on any atom is 0.253 e. The van der Waals surface area contributed by atoms with Gasteiger partial charge in [0, 0.05) is 24.5 Å². The first-order chi connectivity index (χ1) is 22.0. The molecule has 7 rings (SSSR count). The third kappa shape index (κ3) is 4.74. The lowest BCUT2D eigenvalue weighted by Crippen LogP contribution is -2.58. The van der Waals surface area contributed by atoms with Crippen molar-refractivity contribution in [1.29, 1.82) is 0 Å². The van der Waals surface area contributed by atoms with E-state index in [1.165, 1.54) is 4.90 Å². The van der Waals surface area contributed by atoms with Crippen molar-refractivity contribution in [3.05, 3.63) is 115 Å². The molecule has 4 heterocycles. The van der Waals surface area contributed by atoms with Crippen molar-refractivity contribution in [1.82, 2.24) is 4.90 Å². The van der Waals surface area contributed by atoms with Crippen molar-refractivity contribution in [2.75, 3.05) is 36.6 Å². The molecule has 0 aromatic heterocycles. The van der Waals surface area contributed by atoms with Gasteiger partial charge in [0.2, 0.25) is 11.8 Å². The predicted molar refractivity (Wildman–Crippen MR) is 169 cm³/mol. The van der Waals surface area contributed by atoms with E-state index < -0.39 is 35.6 Å². The highest BCUT2D eigenvalue weighted by atomic mass is 16.5. The van der Waals surface area contributed by atoms with E-state index in [0.717, 1.165) is 11.3 Å². The van der Waals surface area contributed by atoms with Gasteiger partial charge in [0.15, 0.2) is 0 Å². The third-order valence-corrected chi connectivity index (χ3v) is 9.47. The number of benzene rings is 3. The average molecular weight is 606 g/mol. The van der Waals surface area contributed by atoms with Gasteiger partial charge in [-0.2, -0.15) is 0 Å². The molecule has 45 heavy (non-hydrogen) atoms. The SMILES string of the molecule is COc1ccc(N2CC=C[C@]34O[C@@H]5C=CCN(c6ccccc6)C(=O)[C@@H]5[C@H]3C(=O)N([C@@H](CO)Cc3ccccc3)C4C2=O)cc1. The molecule has 1 N–H and O–H groups in total. The van der Waals surface area contributed by atoms with Crippen LogP contribution in [-0.4, -0.2) is 78.3 Å². The van der Waals surface area contributed by atoms with Gasteiger partial charge in [0.1, 0.15) is 17.4 Å². The molecule has 9 heteroatoms. The van der Waals surface area contributed by atoms with Crippen LogP contribution in [0.4, 0.5) is 11.4 Å². The van der Waals surface area contributed by atoms with Gasteiger partial charge < -0.3 is 29.3 Å². The number of hydrogen-bond donors (Lipinski definition) is 1. The molecule has 3 aromatic rings. The molecule has 230 valence electrons. The number of ether oxygens (including phenoxy) is 2. The Bertz CT molecular complexity index is 1640. The number of methoxy groups -OCH3 is 1. The molecule has 2 fully saturated rings. The highest BCUT2D eigenvalue weighted by Crippen LogP contribution is 2.54. The number of anilines is 2. The first-order valence-corrected chi connectivity index (χ1v) is 15.3. The summed E-state index contributed by atoms with van der Waals surface area (Å²) >= 11 is 0. The summed E-state index contributed by atoms with van der Waals surface area (Å²) in [4.78, 5) is 48.8. The molecule has 4 aliphatic rings. The molecule has 1 unspecified atom stereocenters. The molecular weight excluding hydrogens is 570 g/mol. The first kappa shape index (κ1) is 29.0. The Morgan fingerprint density at radius 3 is 2.18 bits per heavy atom. The van der Waals surface area contributed by atoms with E-state index in [0.29, 0.717) is 24.4 Å². The summed E-state index contributed by atoms with van der Waals surface area (Å²) in [7, 11) is 1.58. The summed E-state index contributed by atoms with van der Waals surface area (Å²) in [5, 5.41) is 10.8. The lowest BCUT2D eigenvalue weighted by molar-refractivity contribution is -0.144. The maximum atomic E-state index is 14.8. The van der Waals surface area contributed by atoms with Crippen LogP contribution in [0.5, 0.6) is 5.75 Å². The van der Waals surface area contributed by atoms with E-state index in [9.17, 15) is 19.5 Å². The van der Waals surface area contributed by atoms with E-state index in [1.54, 1.807) is 41.2 Å². The minimum absolute atomic E-state index is 0.229. The summed E-state index contributed by atoms with van der Waals surface area (Å²) in [5.41, 5.74) is 0.874. The quantitative estimate of drug-likeness (QED) is 0.415. The fraction of sp³-hybridized carbons (Fsp3) is 0.306. The number of carbonyl (C=O) groups excluding carboxylic acids is 3. The van der Waals surface area contributed by atoms with Crippen LogP contribution >= 0.6 is 0 Å². The number of likely N-dealkylation sites (tertiary alicyclic amines) is 1. The summed E-state index contributed by atoms with van der Waals surface area (Å²) in [6.07, 6.45) is 7.05. The van der Waals surface area contributed by atoms with Crippen molar-refractivity contribution < 1.29 is 29.0 Å². The zero-order valence-corrected chi connectivity index (χ0v) is 24.9. The minimum Gasteiger partial charge on any atom is -0.497 e. The van der Waals surface area contributed by atoms with Gasteiger partial charge in [-0.3, -0.25) is 14.4 Å². The zero-order valence-electron chi connectivity index (χ0n) is 24.9. The molecule has 0 aliphatic carbocycles. The predicted octanol–water partition coefficient (Wildman–Crippen LogP) is 3.39. The number of nitrogens with zero attached hydrogens (tertiary/aromatic N) is 3. The maximum absolute atomic E-state index is 14.8. The molecule has 3 amide bonds. The van der Waals surface area contributed by atoms with Crippen molar-refractivity contribution in [2.45, 2.75) is 30.2 Å². The van der Waals surface area contributed by atoms with Crippen molar-refractivity contribution >= 4 is 29.1 Å². The number of rotatable bonds is 7. The Labute approximate surface area is 261 Å². The topological polar surface area (TPSA) is 99.6 Å². The first-order valence-electron chi connectivity index (χ1n) is 15.3. The molecule has 0 saturated carbocycles. The molecule has 4 aliphatic heterocycles. The molecule has 9 nitrogen and oxygen atoms in total. The van der Waals surface area contributed by atoms with Gasteiger partial charge in [0.05, 0.1) is 37.7 Å². The Morgan fingerprint density at radius 1 is 0.844 bits per heavy atom. The van der Waals surface area contributed by atoms with Crippen LogP contribution in [-0.2, 0) is 25.5 Å². The Kier molecular flexibility index (Phi) is 7.51. The van der Waals surface area contributed by atoms with Crippen molar-refractivity contribution in [2.24, 2.45) is 11.8 Å². The van der Waals surface area contributed by atoms with Crippen LogP contribution in [0.15, 0.2) is 109 Å². The van der Waals surface area contributed by atoms with E-state index in [4.69, 9.17) is 9.47 Å². The van der Waals surface area contributed by atoms with Gasteiger partial charge in [-0.05, 0) is 48.4 Å². The highest BCUT2D eigenvalue weighted by molar-refractivity contribution is 6.07. The van der Waals surface area contributed by atoms with Crippen LogP contribution in [0.3, 0.4) is 0 Å². The Morgan fingerprint density at radius 2 is 1.49 bits per heavy atom. The van der Waals surface area contributed by atoms with Gasteiger partial charge in [-0.15, -0.1) is 0 Å². The fourth-order valence-electron chi connectivity index (χ4n) is 7.44. The van der Waals surface area contributed by atoms with Gasteiger partial charge in [-0.25, -0.2) is 0 Å². The number of fused-ring (bicyclic) bond motifs is 2. The normalized spacial score (nSPS) is 28.0. The van der Waals surface area contributed by atoms with Crippen LogP contribution < -0.4 is 14.5 Å². The number of hydrogen-bond acceptors (Lipinski definition) is 6. The molecular formula is C36H35N3O6. The minimum atomic E-state index is -1.41. The lowest BCUT2D eigenvalue weighted by atomic mass is 9.77. The summed E-state index contributed by atoms with van der Waals surface area (Å²) in [6.45, 7) is 0.227. The lowest BCUT2D eigenvalue weighted by Gasteiger charge is -2.38. The van der Waals surface area contributed by atoms with Crippen LogP contribution in [0.1, 0.15) is 5.56 Å². The molecule has 1 spiro atoms. The number of amides is 3. The smallest absolute Gasteiger partial charge is 0.253 e. The van der Waals surface area contributed by atoms with Gasteiger partial charge in [-0.1, -0.05) is 72.8 Å². The van der Waals surface area contributed by atoms with E-state index in [1.807, 2.05) is 85.0 Å². The van der Waals surface area contributed by atoms with Gasteiger partial charge >= 0.3 is 0 Å². The van der Waals surface area contributed by atoms with Crippen LogP contribution in [0, 0.1) is 11.8 Å². The number of aliphatic hydroxyl groups excluding tert-OH is 1. The van der Waals surface area contributed by atoms with Crippen LogP contribution in [0.2, 0.25) is 0 Å². The second-order valence-corrected chi connectivity index (χ2v) is 11.9.